The number of rotatable bonds is 10. The summed E-state index contributed by atoms with van der Waals surface area (Å²) in [7, 11) is 2.03. The third-order valence-electron chi connectivity index (χ3n) is 6.82. The molecule has 0 saturated carbocycles. The van der Waals surface area contributed by atoms with Gasteiger partial charge in [0.1, 0.15) is 32.9 Å². The number of hydrogen-bond acceptors (Lipinski definition) is 7. The van der Waals surface area contributed by atoms with Crippen LogP contribution in [0.5, 0.6) is 23.0 Å². The topological polar surface area (TPSA) is 99.9 Å². The van der Waals surface area contributed by atoms with E-state index in [-0.39, 0.29) is 12.1 Å². The fraction of sp³-hybridized carbons (Fsp3) is 0.226. The molecule has 41 heavy (non-hydrogen) atoms. The van der Waals surface area contributed by atoms with Gasteiger partial charge in [0.05, 0.1) is 42.4 Å². The number of benzene rings is 3. The molecule has 3 unspecified atom stereocenters. The van der Waals surface area contributed by atoms with E-state index in [0.29, 0.717) is 16.4 Å². The van der Waals surface area contributed by atoms with Crippen molar-refractivity contribution in [3.05, 3.63) is 103 Å². The lowest BCUT2D eigenvalue weighted by Crippen LogP contribution is -2.28. The minimum absolute atomic E-state index is 0.280. The maximum absolute atomic E-state index is 14.6. The van der Waals surface area contributed by atoms with E-state index in [1.165, 1.54) is 0 Å². The second-order valence-electron chi connectivity index (χ2n) is 9.57. The molecule has 0 bridgehead atoms. The number of nitrogens with one attached hydrogen (secondary N) is 1. The van der Waals surface area contributed by atoms with Gasteiger partial charge in [-0.25, -0.2) is 13.3 Å². The summed E-state index contributed by atoms with van der Waals surface area (Å²) in [4.78, 5) is 4.97. The molecule has 0 fully saturated rings. The first-order chi connectivity index (χ1) is 19.8. The first kappa shape index (κ1) is 28.1. The van der Waals surface area contributed by atoms with E-state index >= 15 is 0 Å². The van der Waals surface area contributed by atoms with Crippen molar-refractivity contribution in [1.29, 1.82) is 0 Å². The zero-order valence-electron chi connectivity index (χ0n) is 23.6. The Hall–Kier alpha value is -4.41. The predicted molar refractivity (Wildman–Crippen MR) is 160 cm³/mol. The van der Waals surface area contributed by atoms with Crippen molar-refractivity contribution in [2.24, 2.45) is 11.4 Å². The zero-order valence-corrected chi connectivity index (χ0v) is 24.5. The largest absolute Gasteiger partial charge is 0.497 e. The van der Waals surface area contributed by atoms with Crippen LogP contribution in [0.4, 0.5) is 0 Å². The first-order valence-electron chi connectivity index (χ1n) is 13.2. The molecule has 0 aliphatic rings. The number of aryl methyl sites for hydroxylation is 1. The predicted octanol–water partition coefficient (Wildman–Crippen LogP) is 6.63. The average Bonchev–Trinajstić information content (AvgIpc) is 3.43. The van der Waals surface area contributed by atoms with Gasteiger partial charge >= 0.3 is 0 Å². The van der Waals surface area contributed by atoms with Crippen molar-refractivity contribution in [3.63, 3.8) is 0 Å². The van der Waals surface area contributed by atoms with Crippen molar-refractivity contribution in [1.82, 2.24) is 19.5 Å². The number of aromatic nitrogens is 3. The van der Waals surface area contributed by atoms with E-state index in [2.05, 4.69) is 14.8 Å². The summed E-state index contributed by atoms with van der Waals surface area (Å²) < 4.78 is 41.3. The summed E-state index contributed by atoms with van der Waals surface area (Å²) in [6.45, 7) is 3.88. The van der Waals surface area contributed by atoms with E-state index in [4.69, 9.17) is 18.6 Å². The Balaban J connectivity index is 1.47. The lowest BCUT2D eigenvalue weighted by molar-refractivity contribution is 0.414. The summed E-state index contributed by atoms with van der Waals surface area (Å²) in [5.74, 6) is 2.73. The normalized spacial score (nSPS) is 14.2. The fourth-order valence-electron chi connectivity index (χ4n) is 4.57. The van der Waals surface area contributed by atoms with Gasteiger partial charge in [-0.3, -0.25) is 9.67 Å². The number of pyridine rings is 1. The van der Waals surface area contributed by atoms with Crippen LogP contribution >= 0.6 is 0 Å². The van der Waals surface area contributed by atoms with Gasteiger partial charge in [-0.05, 0) is 80.1 Å². The van der Waals surface area contributed by atoms with Crippen LogP contribution < -0.4 is 18.9 Å². The highest BCUT2D eigenvalue weighted by atomic mass is 32.2. The standard InChI is InChI=1S/C31H33N5O4S/c1-21(23-6-8-24(38-4)9-7-23)34-41(37,35-22(2)30-16-19-33-36(30)3)27-13-10-25(11-14-27)40-31-17-18-32-29-20-26(39-5)12-15-28(29)31/h6-22H,1-5H3,(H,34,35,37). The second-order valence-corrected chi connectivity index (χ2v) is 11.5. The molecule has 212 valence electrons. The summed E-state index contributed by atoms with van der Waals surface area (Å²) in [6.07, 6.45) is 3.42. The van der Waals surface area contributed by atoms with Crippen LogP contribution in [0.1, 0.15) is 37.2 Å². The van der Waals surface area contributed by atoms with Crippen LogP contribution in [0, 0.1) is 0 Å². The molecule has 0 amide bonds. The van der Waals surface area contributed by atoms with Crippen LogP contribution in [0.25, 0.3) is 10.9 Å². The lowest BCUT2D eigenvalue weighted by atomic mass is 10.1. The molecule has 0 radical (unpaired) electrons. The van der Waals surface area contributed by atoms with Crippen molar-refractivity contribution in [2.75, 3.05) is 14.2 Å². The molecule has 5 aromatic rings. The minimum Gasteiger partial charge on any atom is -0.497 e. The van der Waals surface area contributed by atoms with Crippen LogP contribution in [-0.4, -0.2) is 33.2 Å². The van der Waals surface area contributed by atoms with Crippen molar-refractivity contribution in [2.45, 2.75) is 30.8 Å². The molecular formula is C31H33N5O4S. The van der Waals surface area contributed by atoms with Gasteiger partial charge in [0.15, 0.2) is 0 Å². The van der Waals surface area contributed by atoms with Crippen LogP contribution in [-0.2, 0) is 17.0 Å². The zero-order chi connectivity index (χ0) is 29.0. The molecular weight excluding hydrogens is 538 g/mol. The molecule has 0 aliphatic heterocycles. The molecule has 10 heteroatoms. The van der Waals surface area contributed by atoms with Gasteiger partial charge in [0.2, 0.25) is 0 Å². The third-order valence-corrected chi connectivity index (χ3v) is 9.02. The number of nitrogens with zero attached hydrogens (tertiary/aromatic N) is 4. The summed E-state index contributed by atoms with van der Waals surface area (Å²) in [5.41, 5.74) is 2.59. The Kier molecular flexibility index (Phi) is 8.23. The fourth-order valence-corrected chi connectivity index (χ4v) is 6.56. The number of fused-ring (bicyclic) bond motifs is 1. The lowest BCUT2D eigenvalue weighted by Gasteiger charge is -2.21. The Morgan fingerprint density at radius 3 is 2.20 bits per heavy atom. The number of methoxy groups -OCH3 is 2. The van der Waals surface area contributed by atoms with Gasteiger partial charge in [-0.15, -0.1) is 0 Å². The highest BCUT2D eigenvalue weighted by Crippen LogP contribution is 2.32. The molecule has 1 N–H and O–H groups in total. The van der Waals surface area contributed by atoms with E-state index in [9.17, 15) is 4.21 Å². The SMILES string of the molecule is COc1ccc(C(C)N=S(=O)(NC(C)c2ccnn2C)c2ccc(Oc3ccnc4cc(OC)ccc34)cc2)cc1. The smallest absolute Gasteiger partial charge is 0.138 e. The molecule has 2 heterocycles. The summed E-state index contributed by atoms with van der Waals surface area (Å²) >= 11 is 0. The van der Waals surface area contributed by atoms with Gasteiger partial charge < -0.3 is 14.2 Å². The van der Waals surface area contributed by atoms with Crippen LogP contribution in [0.3, 0.4) is 0 Å². The van der Waals surface area contributed by atoms with E-state index < -0.39 is 9.92 Å². The van der Waals surface area contributed by atoms with E-state index in [0.717, 1.165) is 33.7 Å². The third kappa shape index (κ3) is 6.18. The Morgan fingerprint density at radius 2 is 1.54 bits per heavy atom. The van der Waals surface area contributed by atoms with Gasteiger partial charge in [0, 0.05) is 30.9 Å². The minimum atomic E-state index is -3.08. The highest BCUT2D eigenvalue weighted by molar-refractivity contribution is 7.91. The molecule has 3 aromatic carbocycles. The average molecular weight is 572 g/mol. The van der Waals surface area contributed by atoms with Gasteiger partial charge in [0.25, 0.3) is 0 Å². The summed E-state index contributed by atoms with van der Waals surface area (Å²) in [5, 5.41) is 5.12. The van der Waals surface area contributed by atoms with Crippen molar-refractivity contribution < 1.29 is 18.4 Å². The summed E-state index contributed by atoms with van der Waals surface area (Å²) in [6, 6.07) is 23.5. The quantitative estimate of drug-likeness (QED) is 0.202. The molecule has 0 aliphatic carbocycles. The number of hydrogen-bond donors (Lipinski definition) is 1. The second kappa shape index (κ2) is 12.0. The van der Waals surface area contributed by atoms with Crippen LogP contribution in [0.2, 0.25) is 0 Å². The van der Waals surface area contributed by atoms with Gasteiger partial charge in [-0.2, -0.15) is 5.10 Å². The molecule has 5 rings (SSSR count). The van der Waals surface area contributed by atoms with Crippen molar-refractivity contribution >= 4 is 20.8 Å². The molecule has 0 saturated heterocycles. The number of ether oxygens (including phenoxy) is 3. The van der Waals surface area contributed by atoms with Crippen molar-refractivity contribution in [3.8, 4) is 23.0 Å². The Labute approximate surface area is 240 Å². The maximum atomic E-state index is 14.6. The molecule has 2 aromatic heterocycles. The van der Waals surface area contributed by atoms with E-state index in [1.807, 2.05) is 75.5 Å². The Bertz CT molecular complexity index is 1760. The Morgan fingerprint density at radius 1 is 0.854 bits per heavy atom. The van der Waals surface area contributed by atoms with Gasteiger partial charge in [-0.1, -0.05) is 12.1 Å². The maximum Gasteiger partial charge on any atom is 0.138 e. The van der Waals surface area contributed by atoms with E-state index in [1.54, 1.807) is 55.6 Å². The first-order valence-corrected chi connectivity index (χ1v) is 14.7. The highest BCUT2D eigenvalue weighted by Gasteiger charge is 2.21. The van der Waals surface area contributed by atoms with Crippen LogP contribution in [0.15, 0.2) is 101 Å². The molecule has 3 atom stereocenters. The monoisotopic (exact) mass is 571 g/mol. The molecule has 0 spiro atoms. The molecule has 9 nitrogen and oxygen atoms in total.